The molecule has 4 rings (SSSR count). The first-order valence-electron chi connectivity index (χ1n) is 9.54. The number of piperazine rings is 1. The van der Waals surface area contributed by atoms with Gasteiger partial charge in [0.05, 0.1) is 13.3 Å². The van der Waals surface area contributed by atoms with E-state index in [2.05, 4.69) is 73.4 Å². The van der Waals surface area contributed by atoms with Crippen molar-refractivity contribution >= 4 is 32.9 Å². The highest BCUT2D eigenvalue weighted by Crippen LogP contribution is 2.22. The summed E-state index contributed by atoms with van der Waals surface area (Å²) in [4.78, 5) is 2.51. The fourth-order valence-corrected chi connectivity index (χ4v) is 4.01. The summed E-state index contributed by atoms with van der Waals surface area (Å²) in [6.45, 7) is 4.86. The molecule has 1 fully saturated rings. The second-order valence-electron chi connectivity index (χ2n) is 7.00. The van der Waals surface area contributed by atoms with Crippen molar-refractivity contribution in [2.75, 3.05) is 33.3 Å². The summed E-state index contributed by atoms with van der Waals surface area (Å²) in [7, 11) is 1.69. The summed E-state index contributed by atoms with van der Waals surface area (Å²) in [6.07, 6.45) is 1.89. The third-order valence-corrected chi connectivity index (χ3v) is 5.67. The normalized spacial score (nSPS) is 15.4. The Bertz CT molecular complexity index is 975. The summed E-state index contributed by atoms with van der Waals surface area (Å²) in [6, 6.07) is 21.2. The van der Waals surface area contributed by atoms with E-state index in [0.717, 1.165) is 48.5 Å². The number of halogens is 1. The Balaban J connectivity index is 1.38. The van der Waals surface area contributed by atoms with Crippen molar-refractivity contribution in [2.45, 2.75) is 6.54 Å². The minimum absolute atomic E-state index is 0.835. The Kier molecular flexibility index (Phi) is 5.93. The molecule has 0 aliphatic carbocycles. The van der Waals surface area contributed by atoms with Crippen molar-refractivity contribution in [3.63, 3.8) is 0 Å². The first-order chi connectivity index (χ1) is 13.7. The fourth-order valence-electron chi connectivity index (χ4n) is 3.63. The number of hydrogen-bond acceptors (Lipinski definition) is 4. The van der Waals surface area contributed by atoms with Crippen molar-refractivity contribution < 1.29 is 4.74 Å². The minimum atomic E-state index is 0.835. The second-order valence-corrected chi connectivity index (χ2v) is 7.91. The molecule has 5 heteroatoms. The number of nitrogens with zero attached hydrogens (tertiary/aromatic N) is 3. The molecule has 1 heterocycles. The molecule has 0 atom stereocenters. The van der Waals surface area contributed by atoms with Crippen LogP contribution in [0.4, 0.5) is 0 Å². The van der Waals surface area contributed by atoms with Crippen LogP contribution in [0, 0.1) is 0 Å². The second kappa shape index (κ2) is 8.76. The molecule has 0 unspecified atom stereocenters. The Morgan fingerprint density at radius 1 is 1.00 bits per heavy atom. The van der Waals surface area contributed by atoms with Gasteiger partial charge in [-0.25, -0.2) is 0 Å². The van der Waals surface area contributed by atoms with Crippen LogP contribution in [-0.2, 0) is 6.54 Å². The van der Waals surface area contributed by atoms with Gasteiger partial charge in [-0.3, -0.25) is 9.91 Å². The molecular formula is C23H24BrN3O. The van der Waals surface area contributed by atoms with Crippen LogP contribution in [-0.4, -0.2) is 49.4 Å². The Labute approximate surface area is 174 Å². The van der Waals surface area contributed by atoms with Gasteiger partial charge < -0.3 is 4.74 Å². The predicted octanol–water partition coefficient (Wildman–Crippen LogP) is 4.76. The third kappa shape index (κ3) is 4.37. The zero-order valence-electron chi connectivity index (χ0n) is 16.0. The van der Waals surface area contributed by atoms with Crippen LogP contribution < -0.4 is 4.74 Å². The van der Waals surface area contributed by atoms with Gasteiger partial charge in [-0.05, 0) is 34.5 Å². The lowest BCUT2D eigenvalue weighted by Crippen LogP contribution is -2.43. The van der Waals surface area contributed by atoms with Gasteiger partial charge in [0.15, 0.2) is 0 Å². The van der Waals surface area contributed by atoms with E-state index >= 15 is 0 Å². The van der Waals surface area contributed by atoms with Gasteiger partial charge in [-0.1, -0.05) is 58.4 Å². The van der Waals surface area contributed by atoms with E-state index in [1.54, 1.807) is 7.11 Å². The SMILES string of the molecule is COc1ccc(Br)cc1/C=N\N1CCN(Cc2cccc3ccccc23)CC1. The number of benzene rings is 3. The molecule has 0 N–H and O–H groups in total. The molecule has 144 valence electrons. The van der Waals surface area contributed by atoms with Crippen molar-refractivity contribution in [1.29, 1.82) is 0 Å². The molecule has 3 aromatic carbocycles. The van der Waals surface area contributed by atoms with Crippen molar-refractivity contribution in [3.8, 4) is 5.75 Å². The molecule has 0 radical (unpaired) electrons. The quantitative estimate of drug-likeness (QED) is 0.538. The smallest absolute Gasteiger partial charge is 0.127 e. The van der Waals surface area contributed by atoms with Gasteiger partial charge in [-0.15, -0.1) is 0 Å². The molecule has 1 aliphatic heterocycles. The van der Waals surface area contributed by atoms with Crippen LogP contribution in [0.3, 0.4) is 0 Å². The minimum Gasteiger partial charge on any atom is -0.496 e. The number of methoxy groups -OCH3 is 1. The zero-order valence-corrected chi connectivity index (χ0v) is 17.6. The maximum Gasteiger partial charge on any atom is 0.127 e. The predicted molar refractivity (Wildman–Crippen MR) is 119 cm³/mol. The van der Waals surface area contributed by atoms with Gasteiger partial charge in [0, 0.05) is 42.8 Å². The summed E-state index contributed by atoms with van der Waals surface area (Å²) in [5.41, 5.74) is 2.38. The number of rotatable bonds is 5. The summed E-state index contributed by atoms with van der Waals surface area (Å²) in [5, 5.41) is 9.48. The van der Waals surface area contributed by atoms with Crippen molar-refractivity contribution in [2.24, 2.45) is 5.10 Å². The van der Waals surface area contributed by atoms with Crippen molar-refractivity contribution in [3.05, 3.63) is 76.3 Å². The van der Waals surface area contributed by atoms with E-state index in [0.29, 0.717) is 0 Å². The maximum absolute atomic E-state index is 5.42. The maximum atomic E-state index is 5.42. The highest BCUT2D eigenvalue weighted by Gasteiger charge is 2.16. The standard InChI is InChI=1S/C23H24BrN3O/c1-28-23-10-9-21(24)15-20(23)16-25-27-13-11-26(12-14-27)17-19-7-4-6-18-5-2-3-8-22(18)19/h2-10,15-16H,11-14,17H2,1H3/b25-16-. The highest BCUT2D eigenvalue weighted by atomic mass is 79.9. The molecule has 1 saturated heterocycles. The molecule has 0 spiro atoms. The molecule has 0 amide bonds. The average molecular weight is 438 g/mol. The van der Waals surface area contributed by atoms with E-state index in [4.69, 9.17) is 4.74 Å². The molecule has 0 saturated carbocycles. The van der Waals surface area contributed by atoms with Gasteiger partial charge in [0.1, 0.15) is 5.75 Å². The largest absolute Gasteiger partial charge is 0.496 e. The van der Waals surface area contributed by atoms with E-state index in [9.17, 15) is 0 Å². The molecule has 1 aliphatic rings. The number of hydrazone groups is 1. The van der Waals surface area contributed by atoms with E-state index in [-0.39, 0.29) is 0 Å². The van der Waals surface area contributed by atoms with Crippen LogP contribution in [0.15, 0.2) is 70.2 Å². The Morgan fingerprint density at radius 3 is 2.61 bits per heavy atom. The molecule has 4 nitrogen and oxygen atoms in total. The van der Waals surface area contributed by atoms with Crippen molar-refractivity contribution in [1.82, 2.24) is 9.91 Å². The first kappa shape index (κ1) is 19.0. The summed E-state index contributed by atoms with van der Waals surface area (Å²) in [5.74, 6) is 0.835. The van der Waals surface area contributed by atoms with Gasteiger partial charge >= 0.3 is 0 Å². The van der Waals surface area contributed by atoms with Crippen LogP contribution in [0.5, 0.6) is 5.75 Å². The molecule has 0 bridgehead atoms. The fraction of sp³-hybridized carbons (Fsp3) is 0.261. The Morgan fingerprint density at radius 2 is 1.79 bits per heavy atom. The number of ether oxygens (including phenoxy) is 1. The topological polar surface area (TPSA) is 28.1 Å². The lowest BCUT2D eigenvalue weighted by molar-refractivity contribution is 0.131. The van der Waals surface area contributed by atoms with E-state index in [1.165, 1.54) is 16.3 Å². The monoisotopic (exact) mass is 437 g/mol. The third-order valence-electron chi connectivity index (χ3n) is 5.17. The summed E-state index contributed by atoms with van der Waals surface area (Å²) < 4.78 is 6.44. The lowest BCUT2D eigenvalue weighted by Gasteiger charge is -2.33. The molecule has 3 aromatic rings. The van der Waals surface area contributed by atoms with Gasteiger partial charge in [-0.2, -0.15) is 5.10 Å². The molecule has 28 heavy (non-hydrogen) atoms. The highest BCUT2D eigenvalue weighted by molar-refractivity contribution is 9.10. The van der Waals surface area contributed by atoms with Gasteiger partial charge in [0.2, 0.25) is 0 Å². The summed E-state index contributed by atoms with van der Waals surface area (Å²) >= 11 is 3.51. The van der Waals surface area contributed by atoms with Crippen LogP contribution in [0.2, 0.25) is 0 Å². The molecular weight excluding hydrogens is 414 g/mol. The Hall–Kier alpha value is -2.37. The average Bonchev–Trinajstić information content (AvgIpc) is 2.74. The number of fused-ring (bicyclic) bond motifs is 1. The first-order valence-corrected chi connectivity index (χ1v) is 10.3. The van der Waals surface area contributed by atoms with Crippen LogP contribution >= 0.6 is 15.9 Å². The zero-order chi connectivity index (χ0) is 19.3. The van der Waals surface area contributed by atoms with E-state index < -0.39 is 0 Å². The number of hydrogen-bond donors (Lipinski definition) is 0. The van der Waals surface area contributed by atoms with Crippen LogP contribution in [0.1, 0.15) is 11.1 Å². The molecule has 0 aromatic heterocycles. The van der Waals surface area contributed by atoms with Crippen LogP contribution in [0.25, 0.3) is 10.8 Å². The van der Waals surface area contributed by atoms with Gasteiger partial charge in [0.25, 0.3) is 0 Å². The lowest BCUT2D eigenvalue weighted by atomic mass is 10.0. The van der Waals surface area contributed by atoms with E-state index in [1.807, 2.05) is 24.4 Å².